The lowest BCUT2D eigenvalue weighted by Gasteiger charge is -2.33. The van der Waals surface area contributed by atoms with Gasteiger partial charge in [-0.1, -0.05) is 0 Å². The van der Waals surface area contributed by atoms with Gasteiger partial charge in [-0.15, -0.1) is 0 Å². The number of carboxylic acids is 1. The van der Waals surface area contributed by atoms with E-state index in [1.807, 2.05) is 0 Å². The third-order valence-electron chi connectivity index (χ3n) is 3.71. The monoisotopic (exact) mass is 271 g/mol. The molecule has 2 heterocycles. The van der Waals surface area contributed by atoms with Gasteiger partial charge in [-0.25, -0.2) is 9.59 Å². The van der Waals surface area contributed by atoms with Gasteiger partial charge in [0.25, 0.3) is 0 Å². The summed E-state index contributed by atoms with van der Waals surface area (Å²) in [4.78, 5) is 26.7. The maximum atomic E-state index is 12.0. The lowest BCUT2D eigenvalue weighted by molar-refractivity contribution is -0.147. The summed E-state index contributed by atoms with van der Waals surface area (Å²) in [6, 6.07) is -1.18. The van der Waals surface area contributed by atoms with Crippen molar-refractivity contribution < 1.29 is 19.4 Å². The largest absolute Gasteiger partial charge is 0.480 e. The molecule has 108 valence electrons. The Morgan fingerprint density at radius 3 is 2.84 bits per heavy atom. The lowest BCUT2D eigenvalue weighted by atomic mass is 10.1. The number of hydrogen-bond acceptors (Lipinski definition) is 4. The van der Waals surface area contributed by atoms with Crippen LogP contribution in [0.3, 0.4) is 0 Å². The minimum Gasteiger partial charge on any atom is -0.480 e. The average molecular weight is 271 g/mol. The third kappa shape index (κ3) is 3.57. The molecule has 0 aliphatic carbocycles. The number of aliphatic carboxylic acids is 1. The molecule has 2 amide bonds. The molecule has 0 radical (unpaired) electrons. The maximum Gasteiger partial charge on any atom is 0.328 e. The van der Waals surface area contributed by atoms with E-state index in [1.54, 1.807) is 0 Å². The van der Waals surface area contributed by atoms with Crippen LogP contribution in [0.5, 0.6) is 0 Å². The van der Waals surface area contributed by atoms with Gasteiger partial charge in [0.05, 0.1) is 13.2 Å². The Labute approximate surface area is 112 Å². The van der Waals surface area contributed by atoms with Gasteiger partial charge < -0.3 is 25.0 Å². The van der Waals surface area contributed by atoms with Crippen molar-refractivity contribution in [2.24, 2.45) is 5.92 Å². The molecule has 2 saturated heterocycles. The van der Waals surface area contributed by atoms with Crippen molar-refractivity contribution in [3.05, 3.63) is 0 Å². The van der Waals surface area contributed by atoms with Gasteiger partial charge in [0, 0.05) is 19.6 Å². The van der Waals surface area contributed by atoms with Crippen molar-refractivity contribution in [1.82, 2.24) is 15.1 Å². The Balaban J connectivity index is 1.82. The zero-order chi connectivity index (χ0) is 13.8. The number of nitrogens with one attached hydrogen (secondary N) is 1. The second-order valence-electron chi connectivity index (χ2n) is 5.23. The predicted octanol–water partition coefficient (Wildman–Crippen LogP) is -0.567. The Kier molecular flexibility index (Phi) is 4.60. The van der Waals surface area contributed by atoms with Crippen molar-refractivity contribution in [3.63, 3.8) is 0 Å². The molecule has 2 aliphatic heterocycles. The van der Waals surface area contributed by atoms with Crippen molar-refractivity contribution in [2.45, 2.75) is 12.5 Å². The summed E-state index contributed by atoms with van der Waals surface area (Å²) in [5.41, 5.74) is 0. The van der Waals surface area contributed by atoms with E-state index in [0.29, 0.717) is 25.6 Å². The highest BCUT2D eigenvalue weighted by Gasteiger charge is 2.33. The van der Waals surface area contributed by atoms with Gasteiger partial charge in [0.2, 0.25) is 0 Å². The van der Waals surface area contributed by atoms with E-state index in [4.69, 9.17) is 9.84 Å². The number of likely N-dealkylation sites (tertiary alicyclic amines) is 1. The van der Waals surface area contributed by atoms with Crippen molar-refractivity contribution >= 4 is 12.0 Å². The van der Waals surface area contributed by atoms with Gasteiger partial charge in [-0.2, -0.15) is 0 Å². The smallest absolute Gasteiger partial charge is 0.328 e. The second kappa shape index (κ2) is 6.21. The highest BCUT2D eigenvalue weighted by molar-refractivity contribution is 5.83. The average Bonchev–Trinajstić information content (AvgIpc) is 2.81. The number of carbonyl (C=O) groups is 2. The summed E-state index contributed by atoms with van der Waals surface area (Å²) in [5, 5.41) is 11.9. The summed E-state index contributed by atoms with van der Waals surface area (Å²) in [6.07, 6.45) is 1.07. The molecule has 0 aromatic rings. The first kappa shape index (κ1) is 14.1. The fourth-order valence-corrected chi connectivity index (χ4v) is 2.58. The first-order valence-corrected chi connectivity index (χ1v) is 6.61. The molecule has 2 atom stereocenters. The van der Waals surface area contributed by atoms with Crippen LogP contribution in [0.2, 0.25) is 0 Å². The Bertz CT molecular complexity index is 350. The number of nitrogens with zero attached hydrogens (tertiary/aromatic N) is 2. The zero-order valence-corrected chi connectivity index (χ0v) is 11.2. The normalized spacial score (nSPS) is 28.4. The van der Waals surface area contributed by atoms with E-state index in [9.17, 15) is 9.59 Å². The first-order valence-electron chi connectivity index (χ1n) is 6.61. The number of ether oxygens (including phenoxy) is 1. The number of urea groups is 1. The molecule has 2 aliphatic rings. The van der Waals surface area contributed by atoms with E-state index in [-0.39, 0.29) is 12.6 Å². The summed E-state index contributed by atoms with van der Waals surface area (Å²) in [6.45, 7) is 3.42. The highest BCUT2D eigenvalue weighted by atomic mass is 16.5. The minimum atomic E-state index is -1.02. The van der Waals surface area contributed by atoms with E-state index in [2.05, 4.69) is 17.3 Å². The number of amides is 2. The molecular weight excluding hydrogens is 250 g/mol. The van der Waals surface area contributed by atoms with Crippen LogP contribution in [0, 0.1) is 5.92 Å². The molecule has 7 heteroatoms. The van der Waals surface area contributed by atoms with Crippen LogP contribution >= 0.6 is 0 Å². The molecule has 0 spiro atoms. The minimum absolute atomic E-state index is 0.0644. The molecule has 0 bridgehead atoms. The van der Waals surface area contributed by atoms with Crippen molar-refractivity contribution in [3.8, 4) is 0 Å². The van der Waals surface area contributed by atoms with Crippen LogP contribution in [0.25, 0.3) is 0 Å². The molecule has 2 rings (SSSR count). The van der Waals surface area contributed by atoms with E-state index in [0.717, 1.165) is 19.5 Å². The van der Waals surface area contributed by atoms with Gasteiger partial charge in [-0.05, 0) is 25.9 Å². The standard InChI is InChI=1S/C12H21N3O4/c1-14-3-2-9(7-14)6-13-12(18)15-4-5-19-8-10(15)11(16)17/h9-10H,2-8H2,1H3,(H,13,18)(H,16,17). The number of morpholine rings is 1. The first-order chi connectivity index (χ1) is 9.08. The van der Waals surface area contributed by atoms with E-state index >= 15 is 0 Å². The van der Waals surface area contributed by atoms with Crippen LogP contribution in [0.4, 0.5) is 4.79 Å². The zero-order valence-electron chi connectivity index (χ0n) is 11.2. The van der Waals surface area contributed by atoms with Gasteiger partial charge >= 0.3 is 12.0 Å². The van der Waals surface area contributed by atoms with Gasteiger partial charge in [0.1, 0.15) is 0 Å². The summed E-state index contributed by atoms with van der Waals surface area (Å²) < 4.78 is 5.11. The van der Waals surface area contributed by atoms with Crippen LogP contribution in [0.1, 0.15) is 6.42 Å². The van der Waals surface area contributed by atoms with Crippen LogP contribution in [0.15, 0.2) is 0 Å². The SMILES string of the molecule is CN1CCC(CNC(=O)N2CCOCC2C(=O)O)C1. The predicted molar refractivity (Wildman–Crippen MR) is 68.0 cm³/mol. The highest BCUT2D eigenvalue weighted by Crippen LogP contribution is 2.13. The maximum absolute atomic E-state index is 12.0. The number of rotatable bonds is 3. The Morgan fingerprint density at radius 2 is 2.21 bits per heavy atom. The van der Waals surface area contributed by atoms with E-state index < -0.39 is 12.0 Å². The topological polar surface area (TPSA) is 82.1 Å². The fourth-order valence-electron chi connectivity index (χ4n) is 2.58. The number of hydrogen-bond donors (Lipinski definition) is 2. The summed E-state index contributed by atoms with van der Waals surface area (Å²) >= 11 is 0. The molecule has 2 unspecified atom stereocenters. The van der Waals surface area contributed by atoms with Crippen molar-refractivity contribution in [1.29, 1.82) is 0 Å². The van der Waals surface area contributed by atoms with Crippen LogP contribution in [-0.4, -0.2) is 79.4 Å². The lowest BCUT2D eigenvalue weighted by Crippen LogP contribution is -2.56. The molecular formula is C12H21N3O4. The fraction of sp³-hybridized carbons (Fsp3) is 0.833. The number of carboxylic acid groups (broad SMARTS) is 1. The van der Waals surface area contributed by atoms with Crippen LogP contribution < -0.4 is 5.32 Å². The van der Waals surface area contributed by atoms with E-state index in [1.165, 1.54) is 4.90 Å². The van der Waals surface area contributed by atoms with Crippen LogP contribution in [-0.2, 0) is 9.53 Å². The quantitative estimate of drug-likeness (QED) is 0.718. The molecule has 0 aromatic heterocycles. The summed E-state index contributed by atoms with van der Waals surface area (Å²) in [7, 11) is 2.06. The van der Waals surface area contributed by atoms with Crippen molar-refractivity contribution in [2.75, 3.05) is 46.4 Å². The molecule has 0 aromatic carbocycles. The second-order valence-corrected chi connectivity index (χ2v) is 5.23. The molecule has 19 heavy (non-hydrogen) atoms. The molecule has 2 fully saturated rings. The van der Waals surface area contributed by atoms with Gasteiger partial charge in [0.15, 0.2) is 6.04 Å². The molecule has 2 N–H and O–H groups in total. The molecule has 7 nitrogen and oxygen atoms in total. The Morgan fingerprint density at radius 1 is 1.42 bits per heavy atom. The number of carbonyl (C=O) groups excluding carboxylic acids is 1. The molecule has 0 saturated carbocycles. The Hall–Kier alpha value is -1.34. The summed E-state index contributed by atoms with van der Waals surface area (Å²) in [5.74, 6) is -0.561. The third-order valence-corrected chi connectivity index (χ3v) is 3.71. The van der Waals surface area contributed by atoms with Gasteiger partial charge in [-0.3, -0.25) is 0 Å².